The van der Waals surface area contributed by atoms with E-state index in [1.807, 2.05) is 37.3 Å². The van der Waals surface area contributed by atoms with E-state index in [1.165, 1.54) is 0 Å². The predicted molar refractivity (Wildman–Crippen MR) is 95.3 cm³/mol. The van der Waals surface area contributed by atoms with Gasteiger partial charge in [-0.25, -0.2) is 4.98 Å². The summed E-state index contributed by atoms with van der Waals surface area (Å²) >= 11 is 0. The van der Waals surface area contributed by atoms with Gasteiger partial charge in [0.05, 0.1) is 6.61 Å². The van der Waals surface area contributed by atoms with E-state index in [2.05, 4.69) is 10.3 Å². The molecule has 0 spiro atoms. The number of aliphatic hydroxyl groups is 1. The molecule has 25 heavy (non-hydrogen) atoms. The Labute approximate surface area is 148 Å². The molecular weight excluding hydrogens is 316 g/mol. The Hall–Kier alpha value is -2.40. The van der Waals surface area contributed by atoms with Gasteiger partial charge in [0.15, 0.2) is 0 Å². The summed E-state index contributed by atoms with van der Waals surface area (Å²) in [5, 5.41) is 12.7. The molecular formula is C20H24N2O3. The molecule has 1 aliphatic rings. The molecule has 1 aromatic carbocycles. The SMILES string of the molecule is CC1(CO)CCCC1NC(=O)c1ccnc(OCc2ccccc2)c1. The number of aliphatic hydroxyl groups excluding tert-OH is 1. The maximum Gasteiger partial charge on any atom is 0.251 e. The van der Waals surface area contributed by atoms with Crippen molar-refractivity contribution in [3.63, 3.8) is 0 Å². The van der Waals surface area contributed by atoms with Gasteiger partial charge in [-0.3, -0.25) is 4.79 Å². The molecule has 1 aromatic heterocycles. The van der Waals surface area contributed by atoms with Crippen LogP contribution >= 0.6 is 0 Å². The lowest BCUT2D eigenvalue weighted by Gasteiger charge is -2.30. The maximum atomic E-state index is 12.6. The Bertz CT molecular complexity index is 720. The smallest absolute Gasteiger partial charge is 0.251 e. The molecule has 5 heteroatoms. The Morgan fingerprint density at radius 2 is 2.16 bits per heavy atom. The number of hydrogen-bond donors (Lipinski definition) is 2. The zero-order valence-electron chi connectivity index (χ0n) is 14.4. The summed E-state index contributed by atoms with van der Waals surface area (Å²) in [4.78, 5) is 16.7. The van der Waals surface area contributed by atoms with Crippen LogP contribution in [0.3, 0.4) is 0 Å². The molecule has 1 fully saturated rings. The van der Waals surface area contributed by atoms with Gasteiger partial charge >= 0.3 is 0 Å². The molecule has 1 amide bonds. The van der Waals surface area contributed by atoms with Gasteiger partial charge in [0.25, 0.3) is 5.91 Å². The summed E-state index contributed by atoms with van der Waals surface area (Å²) in [5.41, 5.74) is 1.32. The maximum absolute atomic E-state index is 12.6. The first-order valence-corrected chi connectivity index (χ1v) is 8.65. The van der Waals surface area contributed by atoms with Crippen molar-refractivity contribution in [2.45, 2.75) is 38.8 Å². The standard InChI is InChI=1S/C20H24N2O3/c1-20(14-23)10-5-8-17(20)22-19(24)16-9-11-21-18(12-16)25-13-15-6-3-2-4-7-15/h2-4,6-7,9,11-12,17,23H,5,8,10,13-14H2,1H3,(H,22,24). The van der Waals surface area contributed by atoms with E-state index >= 15 is 0 Å². The van der Waals surface area contributed by atoms with Crippen LogP contribution in [0.2, 0.25) is 0 Å². The minimum Gasteiger partial charge on any atom is -0.473 e. The van der Waals surface area contributed by atoms with E-state index in [-0.39, 0.29) is 24.0 Å². The summed E-state index contributed by atoms with van der Waals surface area (Å²) in [6.07, 6.45) is 4.42. The van der Waals surface area contributed by atoms with Crippen molar-refractivity contribution in [2.24, 2.45) is 5.41 Å². The number of carbonyl (C=O) groups excluding carboxylic acids is 1. The molecule has 2 N–H and O–H groups in total. The summed E-state index contributed by atoms with van der Waals surface area (Å²) < 4.78 is 5.68. The predicted octanol–water partition coefficient (Wildman–Crippen LogP) is 2.94. The molecule has 0 radical (unpaired) electrons. The summed E-state index contributed by atoms with van der Waals surface area (Å²) in [5.74, 6) is 0.270. The fourth-order valence-corrected chi connectivity index (χ4v) is 3.27. The third-order valence-corrected chi connectivity index (χ3v) is 4.98. The second-order valence-corrected chi connectivity index (χ2v) is 6.89. The van der Waals surface area contributed by atoms with Crippen molar-refractivity contribution in [1.82, 2.24) is 10.3 Å². The highest BCUT2D eigenvalue weighted by Crippen LogP contribution is 2.37. The van der Waals surface area contributed by atoms with E-state index in [0.717, 1.165) is 24.8 Å². The molecule has 1 heterocycles. The van der Waals surface area contributed by atoms with E-state index < -0.39 is 0 Å². The van der Waals surface area contributed by atoms with Gasteiger partial charge in [0.2, 0.25) is 5.88 Å². The Kier molecular flexibility index (Phi) is 5.34. The van der Waals surface area contributed by atoms with Crippen LogP contribution in [-0.2, 0) is 6.61 Å². The zero-order valence-corrected chi connectivity index (χ0v) is 14.4. The number of aromatic nitrogens is 1. The van der Waals surface area contributed by atoms with Crippen LogP contribution in [0.25, 0.3) is 0 Å². The van der Waals surface area contributed by atoms with Crippen molar-refractivity contribution in [3.8, 4) is 5.88 Å². The lowest BCUT2D eigenvalue weighted by Crippen LogP contribution is -2.44. The number of amides is 1. The Balaban J connectivity index is 1.63. The van der Waals surface area contributed by atoms with Crippen molar-refractivity contribution in [1.29, 1.82) is 0 Å². The average Bonchev–Trinajstić information content (AvgIpc) is 3.02. The van der Waals surface area contributed by atoms with Crippen LogP contribution in [0.1, 0.15) is 42.1 Å². The number of benzene rings is 1. The average molecular weight is 340 g/mol. The zero-order chi connectivity index (χ0) is 17.7. The monoisotopic (exact) mass is 340 g/mol. The van der Waals surface area contributed by atoms with Gasteiger partial charge in [-0.2, -0.15) is 0 Å². The molecule has 0 saturated heterocycles. The third-order valence-electron chi connectivity index (χ3n) is 4.98. The van der Waals surface area contributed by atoms with E-state index in [0.29, 0.717) is 18.1 Å². The highest BCUT2D eigenvalue weighted by molar-refractivity contribution is 5.94. The van der Waals surface area contributed by atoms with Crippen LogP contribution in [-0.4, -0.2) is 28.6 Å². The highest BCUT2D eigenvalue weighted by Gasteiger charge is 2.39. The van der Waals surface area contributed by atoms with Crippen molar-refractivity contribution in [3.05, 3.63) is 59.8 Å². The molecule has 0 bridgehead atoms. The van der Waals surface area contributed by atoms with Crippen molar-refractivity contribution >= 4 is 5.91 Å². The third kappa shape index (κ3) is 4.17. The second-order valence-electron chi connectivity index (χ2n) is 6.89. The van der Waals surface area contributed by atoms with Crippen LogP contribution < -0.4 is 10.1 Å². The van der Waals surface area contributed by atoms with Crippen LogP contribution in [0.5, 0.6) is 5.88 Å². The number of pyridine rings is 1. The first-order chi connectivity index (χ1) is 12.1. The molecule has 3 rings (SSSR count). The summed E-state index contributed by atoms with van der Waals surface area (Å²) in [6.45, 7) is 2.51. The molecule has 0 aliphatic heterocycles. The summed E-state index contributed by atoms with van der Waals surface area (Å²) in [6, 6.07) is 13.1. The topological polar surface area (TPSA) is 71.5 Å². The number of ether oxygens (including phenoxy) is 1. The normalized spacial score (nSPS) is 22.6. The highest BCUT2D eigenvalue weighted by atomic mass is 16.5. The Morgan fingerprint density at radius 3 is 2.92 bits per heavy atom. The largest absolute Gasteiger partial charge is 0.473 e. The quantitative estimate of drug-likeness (QED) is 0.848. The first kappa shape index (κ1) is 17.4. The van der Waals surface area contributed by atoms with Crippen LogP contribution in [0, 0.1) is 5.41 Å². The van der Waals surface area contributed by atoms with Gasteiger partial charge in [0, 0.05) is 29.3 Å². The molecule has 2 aromatic rings. The fourth-order valence-electron chi connectivity index (χ4n) is 3.27. The van der Waals surface area contributed by atoms with Gasteiger partial charge < -0.3 is 15.2 Å². The molecule has 1 saturated carbocycles. The minimum atomic E-state index is -0.241. The fraction of sp³-hybridized carbons (Fsp3) is 0.400. The lowest BCUT2D eigenvalue weighted by molar-refractivity contribution is 0.0830. The van der Waals surface area contributed by atoms with Gasteiger partial charge in [0.1, 0.15) is 6.61 Å². The van der Waals surface area contributed by atoms with Crippen molar-refractivity contribution < 1.29 is 14.6 Å². The lowest BCUT2D eigenvalue weighted by atomic mass is 9.85. The first-order valence-electron chi connectivity index (χ1n) is 8.65. The van der Waals surface area contributed by atoms with Crippen LogP contribution in [0.15, 0.2) is 48.7 Å². The van der Waals surface area contributed by atoms with Crippen molar-refractivity contribution in [2.75, 3.05) is 6.61 Å². The van der Waals surface area contributed by atoms with E-state index in [4.69, 9.17) is 4.74 Å². The Morgan fingerprint density at radius 1 is 1.36 bits per heavy atom. The van der Waals surface area contributed by atoms with E-state index in [9.17, 15) is 9.90 Å². The number of hydrogen-bond acceptors (Lipinski definition) is 4. The van der Waals surface area contributed by atoms with E-state index in [1.54, 1.807) is 18.3 Å². The number of rotatable bonds is 6. The van der Waals surface area contributed by atoms with Gasteiger partial charge in [-0.1, -0.05) is 43.7 Å². The number of nitrogens with one attached hydrogen (secondary N) is 1. The van der Waals surface area contributed by atoms with Crippen LogP contribution in [0.4, 0.5) is 0 Å². The van der Waals surface area contributed by atoms with Gasteiger partial charge in [-0.05, 0) is 24.5 Å². The van der Waals surface area contributed by atoms with Gasteiger partial charge in [-0.15, -0.1) is 0 Å². The molecule has 1 aliphatic carbocycles. The minimum absolute atomic E-state index is 0.00754. The molecule has 5 nitrogen and oxygen atoms in total. The molecule has 2 atom stereocenters. The number of carbonyl (C=O) groups is 1. The molecule has 2 unspecified atom stereocenters. The summed E-state index contributed by atoms with van der Waals surface area (Å²) in [7, 11) is 0. The second kappa shape index (κ2) is 7.66. The number of nitrogens with zero attached hydrogens (tertiary/aromatic N) is 1. The molecule has 132 valence electrons.